The van der Waals surface area contributed by atoms with Crippen LogP contribution in [0.15, 0.2) is 59.5 Å². The maximum Gasteiger partial charge on any atom is 0.261 e. The zero-order chi connectivity index (χ0) is 21.1. The number of carbonyl (C=O) groups is 1. The molecule has 0 aromatic heterocycles. The molecule has 156 valence electrons. The Hall–Kier alpha value is -2.43. The third-order valence-corrected chi connectivity index (χ3v) is 7.35. The van der Waals surface area contributed by atoms with E-state index in [1.165, 1.54) is 28.6 Å². The number of carbonyl (C=O) groups excluding carboxylic acids is 1. The van der Waals surface area contributed by atoms with Crippen molar-refractivity contribution in [3.63, 3.8) is 0 Å². The summed E-state index contributed by atoms with van der Waals surface area (Å²) in [5.41, 5.74) is 0.809. The van der Waals surface area contributed by atoms with E-state index in [2.05, 4.69) is 4.72 Å². The fourth-order valence-corrected chi connectivity index (χ4v) is 5.04. The van der Waals surface area contributed by atoms with Gasteiger partial charge in [0.1, 0.15) is 0 Å². The standard InChI is InChI=1S/C19H23N3O5S2/c1-28(24,25)22-13-5-12-21(14-15-22)19(23)16-8-10-18(11-9-16)29(26,27)20-17-6-3-2-4-7-17/h2-4,6-11,20H,5,12-15H2,1H3. The van der Waals surface area contributed by atoms with Crippen LogP contribution in [-0.2, 0) is 20.0 Å². The number of rotatable bonds is 5. The normalized spacial score (nSPS) is 16.2. The van der Waals surface area contributed by atoms with Gasteiger partial charge in [0.25, 0.3) is 15.9 Å². The smallest absolute Gasteiger partial charge is 0.261 e. The Morgan fingerprint density at radius 2 is 1.52 bits per heavy atom. The van der Waals surface area contributed by atoms with Crippen molar-refractivity contribution in [3.8, 4) is 0 Å². The highest BCUT2D eigenvalue weighted by Crippen LogP contribution is 2.18. The van der Waals surface area contributed by atoms with Crippen LogP contribution in [-0.4, -0.2) is 64.4 Å². The third-order valence-electron chi connectivity index (χ3n) is 4.65. The number of anilines is 1. The van der Waals surface area contributed by atoms with Crippen molar-refractivity contribution in [3.05, 3.63) is 60.2 Å². The highest BCUT2D eigenvalue weighted by atomic mass is 32.2. The summed E-state index contributed by atoms with van der Waals surface area (Å²) in [6.45, 7) is 1.37. The lowest BCUT2D eigenvalue weighted by atomic mass is 10.2. The number of hydrogen-bond donors (Lipinski definition) is 1. The van der Waals surface area contributed by atoms with Gasteiger partial charge in [0.2, 0.25) is 10.0 Å². The lowest BCUT2D eigenvalue weighted by Crippen LogP contribution is -2.36. The van der Waals surface area contributed by atoms with E-state index in [4.69, 9.17) is 0 Å². The summed E-state index contributed by atoms with van der Waals surface area (Å²) in [6, 6.07) is 14.3. The molecule has 29 heavy (non-hydrogen) atoms. The minimum absolute atomic E-state index is 0.0528. The molecule has 0 radical (unpaired) electrons. The minimum atomic E-state index is -3.76. The van der Waals surface area contributed by atoms with Crippen molar-refractivity contribution in [1.82, 2.24) is 9.21 Å². The van der Waals surface area contributed by atoms with Gasteiger partial charge in [0.05, 0.1) is 11.2 Å². The first-order chi connectivity index (χ1) is 13.7. The maximum atomic E-state index is 12.8. The molecule has 1 fully saturated rings. The lowest BCUT2D eigenvalue weighted by Gasteiger charge is -2.21. The summed E-state index contributed by atoms with van der Waals surface area (Å²) in [5, 5.41) is 0. The summed E-state index contributed by atoms with van der Waals surface area (Å²) in [6.07, 6.45) is 1.71. The van der Waals surface area contributed by atoms with Crippen molar-refractivity contribution in [2.75, 3.05) is 37.2 Å². The summed E-state index contributed by atoms with van der Waals surface area (Å²) in [5.74, 6) is -0.250. The van der Waals surface area contributed by atoms with Gasteiger partial charge in [0, 0.05) is 37.4 Å². The van der Waals surface area contributed by atoms with Crippen molar-refractivity contribution < 1.29 is 21.6 Å². The van der Waals surface area contributed by atoms with Crippen LogP contribution in [0.2, 0.25) is 0 Å². The molecule has 0 aliphatic carbocycles. The first-order valence-corrected chi connectivity index (χ1v) is 12.4. The molecule has 0 spiro atoms. The topological polar surface area (TPSA) is 104 Å². The molecular formula is C19H23N3O5S2. The van der Waals surface area contributed by atoms with Crippen LogP contribution in [0.4, 0.5) is 5.69 Å². The van der Waals surface area contributed by atoms with Gasteiger partial charge in [-0.1, -0.05) is 18.2 Å². The number of nitrogens with one attached hydrogen (secondary N) is 1. The van der Waals surface area contributed by atoms with Crippen LogP contribution < -0.4 is 4.72 Å². The van der Waals surface area contributed by atoms with Crippen molar-refractivity contribution in [1.29, 1.82) is 0 Å². The van der Waals surface area contributed by atoms with E-state index in [0.29, 0.717) is 37.3 Å². The van der Waals surface area contributed by atoms with Gasteiger partial charge in [0.15, 0.2) is 0 Å². The van der Waals surface area contributed by atoms with Crippen LogP contribution in [0.5, 0.6) is 0 Å². The second-order valence-corrected chi connectivity index (χ2v) is 10.5. The molecule has 1 amide bonds. The summed E-state index contributed by atoms with van der Waals surface area (Å²) in [7, 11) is -7.05. The third kappa shape index (κ3) is 5.34. The van der Waals surface area contributed by atoms with Crippen LogP contribution in [0.1, 0.15) is 16.8 Å². The molecule has 1 saturated heterocycles. The van der Waals surface area contributed by atoms with Crippen LogP contribution in [0.3, 0.4) is 0 Å². The fourth-order valence-electron chi connectivity index (χ4n) is 3.11. The second kappa shape index (κ2) is 8.52. The quantitative estimate of drug-likeness (QED) is 0.765. The van der Waals surface area contributed by atoms with E-state index in [0.717, 1.165) is 6.26 Å². The van der Waals surface area contributed by atoms with Crippen molar-refractivity contribution in [2.24, 2.45) is 0 Å². The predicted molar refractivity (Wildman–Crippen MR) is 111 cm³/mol. The summed E-state index contributed by atoms with van der Waals surface area (Å²) >= 11 is 0. The van der Waals surface area contributed by atoms with E-state index in [-0.39, 0.29) is 17.3 Å². The number of benzene rings is 2. The highest BCUT2D eigenvalue weighted by molar-refractivity contribution is 7.92. The first-order valence-electron chi connectivity index (χ1n) is 9.09. The monoisotopic (exact) mass is 437 g/mol. The van der Waals surface area contributed by atoms with Crippen LogP contribution in [0, 0.1) is 0 Å². The molecule has 3 rings (SSSR count). The Kier molecular flexibility index (Phi) is 6.25. The molecule has 0 unspecified atom stereocenters. The fraction of sp³-hybridized carbons (Fsp3) is 0.316. The van der Waals surface area contributed by atoms with Crippen LogP contribution in [0.25, 0.3) is 0 Å². The summed E-state index contributed by atoms with van der Waals surface area (Å²) < 4.78 is 52.3. The Morgan fingerprint density at radius 3 is 2.14 bits per heavy atom. The minimum Gasteiger partial charge on any atom is -0.337 e. The predicted octanol–water partition coefficient (Wildman–Crippen LogP) is 1.59. The molecule has 1 N–H and O–H groups in total. The van der Waals surface area contributed by atoms with E-state index in [1.807, 2.05) is 0 Å². The van der Waals surface area contributed by atoms with Gasteiger partial charge < -0.3 is 4.90 Å². The van der Waals surface area contributed by atoms with Crippen molar-refractivity contribution in [2.45, 2.75) is 11.3 Å². The molecule has 10 heteroatoms. The van der Waals surface area contributed by atoms with Gasteiger partial charge >= 0.3 is 0 Å². The second-order valence-electron chi connectivity index (χ2n) is 6.80. The number of nitrogens with zero attached hydrogens (tertiary/aromatic N) is 2. The molecular weight excluding hydrogens is 414 g/mol. The van der Waals surface area contributed by atoms with E-state index < -0.39 is 20.0 Å². The Balaban J connectivity index is 1.70. The first kappa shape index (κ1) is 21.3. The van der Waals surface area contributed by atoms with Gasteiger partial charge in [-0.25, -0.2) is 21.1 Å². The number of para-hydroxylation sites is 1. The molecule has 2 aromatic rings. The Bertz CT molecular complexity index is 1070. The van der Waals surface area contributed by atoms with Gasteiger partial charge in [-0.05, 0) is 42.8 Å². The lowest BCUT2D eigenvalue weighted by molar-refractivity contribution is 0.0764. The highest BCUT2D eigenvalue weighted by Gasteiger charge is 2.25. The summed E-state index contributed by atoms with van der Waals surface area (Å²) in [4.78, 5) is 14.4. The molecule has 0 bridgehead atoms. The van der Waals surface area contributed by atoms with Gasteiger partial charge in [-0.2, -0.15) is 0 Å². The Labute approximate surface area is 171 Å². The zero-order valence-electron chi connectivity index (χ0n) is 16.0. The molecule has 0 saturated carbocycles. The molecule has 1 heterocycles. The van der Waals surface area contributed by atoms with E-state index in [1.54, 1.807) is 35.2 Å². The number of hydrogen-bond acceptors (Lipinski definition) is 5. The molecule has 1 aliphatic heterocycles. The Morgan fingerprint density at radius 1 is 0.862 bits per heavy atom. The van der Waals surface area contributed by atoms with Crippen LogP contribution >= 0.6 is 0 Å². The van der Waals surface area contributed by atoms with Gasteiger partial charge in [-0.15, -0.1) is 0 Å². The molecule has 8 nitrogen and oxygen atoms in total. The largest absolute Gasteiger partial charge is 0.337 e. The molecule has 2 aromatic carbocycles. The average molecular weight is 438 g/mol. The number of amides is 1. The molecule has 0 atom stereocenters. The number of sulfonamides is 2. The zero-order valence-corrected chi connectivity index (χ0v) is 17.6. The van der Waals surface area contributed by atoms with E-state index >= 15 is 0 Å². The molecule has 1 aliphatic rings. The van der Waals surface area contributed by atoms with E-state index in [9.17, 15) is 21.6 Å². The van der Waals surface area contributed by atoms with Crippen molar-refractivity contribution >= 4 is 31.6 Å². The average Bonchev–Trinajstić information content (AvgIpc) is 2.94. The maximum absolute atomic E-state index is 12.8. The SMILES string of the molecule is CS(=O)(=O)N1CCCN(C(=O)c2ccc(S(=O)(=O)Nc3ccccc3)cc2)CC1. The van der Waals surface area contributed by atoms with Gasteiger partial charge in [-0.3, -0.25) is 9.52 Å².